The maximum absolute atomic E-state index is 14.3. The van der Waals surface area contributed by atoms with Gasteiger partial charge in [-0.25, -0.2) is 4.79 Å². The van der Waals surface area contributed by atoms with Crippen LogP contribution in [0.15, 0.2) is 34.9 Å². The number of Topliss-reactive ketones (excluding diaryl/α,β-unsaturated/α-hetero) is 1. The van der Waals surface area contributed by atoms with Crippen LogP contribution >= 0.6 is 0 Å². The van der Waals surface area contributed by atoms with E-state index in [1.807, 2.05) is 0 Å². The van der Waals surface area contributed by atoms with Gasteiger partial charge in [-0.3, -0.25) is 14.4 Å². The summed E-state index contributed by atoms with van der Waals surface area (Å²) in [5.41, 5.74) is -6.63. The highest BCUT2D eigenvalue weighted by Gasteiger charge is 2.76. The lowest BCUT2D eigenvalue weighted by Crippen LogP contribution is -2.81. The molecule has 13 nitrogen and oxygen atoms in total. The Balaban J connectivity index is 1.62. The molecule has 1 saturated heterocycles. The average molecular weight is 634 g/mol. The van der Waals surface area contributed by atoms with Crippen molar-refractivity contribution in [1.29, 1.82) is 0 Å². The van der Waals surface area contributed by atoms with Gasteiger partial charge in [0.25, 0.3) is 0 Å². The molecule has 0 spiro atoms. The molecule has 45 heavy (non-hydrogen) atoms. The fraction of sp³-hybridized carbons (Fsp3) is 0.688. The van der Waals surface area contributed by atoms with Crippen LogP contribution in [0.4, 0.5) is 0 Å². The lowest BCUT2D eigenvalue weighted by Gasteiger charge is -2.66. The molecule has 2 bridgehead atoms. The van der Waals surface area contributed by atoms with Crippen LogP contribution in [0.2, 0.25) is 0 Å². The minimum atomic E-state index is -2.20. The van der Waals surface area contributed by atoms with Gasteiger partial charge in [0.2, 0.25) is 5.91 Å². The predicted molar refractivity (Wildman–Crippen MR) is 155 cm³/mol. The normalized spacial score (nSPS) is 41.3. The lowest BCUT2D eigenvalue weighted by molar-refractivity contribution is -0.345. The average Bonchev–Trinajstić information content (AvgIpc) is 3.48. The number of ether oxygens (including phenoxy) is 3. The van der Waals surface area contributed by atoms with Crippen LogP contribution in [0.25, 0.3) is 0 Å². The second kappa shape index (κ2) is 11.1. The van der Waals surface area contributed by atoms with Gasteiger partial charge in [-0.1, -0.05) is 32.1 Å². The van der Waals surface area contributed by atoms with E-state index < -0.39 is 101 Å². The minimum absolute atomic E-state index is 0.00217. The summed E-state index contributed by atoms with van der Waals surface area (Å²) in [4.78, 5) is 52.3. The van der Waals surface area contributed by atoms with Crippen LogP contribution < -0.4 is 5.32 Å². The highest BCUT2D eigenvalue weighted by Crippen LogP contribution is 2.63. The molecule has 0 aromatic rings. The minimum Gasteiger partial charge on any atom is -0.459 e. The van der Waals surface area contributed by atoms with Crippen molar-refractivity contribution in [2.24, 2.45) is 16.7 Å². The third-order valence-electron chi connectivity index (χ3n) is 11.0. The number of nitrogens with one attached hydrogen (secondary N) is 1. The SMILES string of the molecule is CC(=O)N[C@@H](C1=CC=CC1)[C@@H](O)C(=O)OC1C[C@@]2(O)[C@@H](OC(C)=O)[C@@H]3[C@]4(O)CO[C@@H]4C[C@H](O)[C@@]3(C)C(=O)[C@H](O)C(=C1C)C2(C)C. The van der Waals surface area contributed by atoms with Crippen LogP contribution in [0.5, 0.6) is 0 Å². The molecule has 4 aliphatic carbocycles. The standard InChI is InChI=1S/C32H43NO12/c1-14-18(45-28(40)24(38)22(33-15(2)34)17-9-7-8-10-17)12-32(42)27(44-16(3)35)25-30(6,19(36)11-20-31(25,41)13-43-20)26(39)23(37)21(14)29(32,4)5/h7-9,18-20,22-25,27,36-38,41-42H,10-13H2,1-6H3,(H,33,34)/t18?,19-,20+,22-,23+,24+,25-,27-,30+,31-,32+/m0/s1. The highest BCUT2D eigenvalue weighted by atomic mass is 16.6. The molecule has 5 aliphatic rings. The molecule has 1 heterocycles. The number of hydrogen-bond acceptors (Lipinski definition) is 12. The number of rotatable bonds is 6. The lowest BCUT2D eigenvalue weighted by atomic mass is 9.45. The van der Waals surface area contributed by atoms with Gasteiger partial charge in [0.1, 0.15) is 29.5 Å². The number of fused-ring (bicyclic) bond motifs is 5. The first-order valence-corrected chi connectivity index (χ1v) is 15.2. The van der Waals surface area contributed by atoms with E-state index >= 15 is 0 Å². The number of ketones is 1. The summed E-state index contributed by atoms with van der Waals surface area (Å²) >= 11 is 0. The molecule has 248 valence electrons. The van der Waals surface area contributed by atoms with E-state index in [9.17, 15) is 44.7 Å². The van der Waals surface area contributed by atoms with Crippen molar-refractivity contribution in [2.75, 3.05) is 6.61 Å². The van der Waals surface area contributed by atoms with E-state index in [0.717, 1.165) is 6.92 Å². The van der Waals surface area contributed by atoms with Crippen LogP contribution in [-0.2, 0) is 33.4 Å². The topological polar surface area (TPSA) is 209 Å². The summed E-state index contributed by atoms with van der Waals surface area (Å²) in [6.45, 7) is 8.09. The molecule has 3 fully saturated rings. The second-order valence-corrected chi connectivity index (χ2v) is 13.9. The van der Waals surface area contributed by atoms with Crippen molar-refractivity contribution >= 4 is 23.6 Å². The van der Waals surface area contributed by atoms with Crippen LogP contribution in [0, 0.1) is 16.7 Å². The molecule has 2 saturated carbocycles. The summed E-state index contributed by atoms with van der Waals surface area (Å²) in [5, 5.41) is 61.4. The maximum atomic E-state index is 14.3. The summed E-state index contributed by atoms with van der Waals surface area (Å²) in [7, 11) is 0. The maximum Gasteiger partial charge on any atom is 0.338 e. The Labute approximate surface area is 260 Å². The zero-order valence-electron chi connectivity index (χ0n) is 26.3. The molecule has 0 radical (unpaired) electrons. The van der Waals surface area contributed by atoms with E-state index in [-0.39, 0.29) is 24.2 Å². The molecular formula is C32H43NO12. The largest absolute Gasteiger partial charge is 0.459 e. The fourth-order valence-electron chi connectivity index (χ4n) is 8.43. The van der Waals surface area contributed by atoms with Gasteiger partial charge < -0.3 is 45.1 Å². The van der Waals surface area contributed by atoms with Crippen molar-refractivity contribution in [3.8, 4) is 0 Å². The van der Waals surface area contributed by atoms with Gasteiger partial charge in [-0.15, -0.1) is 0 Å². The van der Waals surface area contributed by atoms with E-state index in [2.05, 4.69) is 5.32 Å². The Morgan fingerprint density at radius 3 is 2.31 bits per heavy atom. The molecule has 6 N–H and O–H groups in total. The number of aliphatic hydroxyl groups is 5. The highest BCUT2D eigenvalue weighted by molar-refractivity contribution is 5.93. The van der Waals surface area contributed by atoms with Crippen LogP contribution in [0.1, 0.15) is 60.8 Å². The summed E-state index contributed by atoms with van der Waals surface area (Å²) in [6, 6.07) is -1.11. The summed E-state index contributed by atoms with van der Waals surface area (Å²) < 4.78 is 17.1. The van der Waals surface area contributed by atoms with E-state index in [1.54, 1.807) is 32.1 Å². The number of esters is 2. The van der Waals surface area contributed by atoms with Gasteiger partial charge in [0.05, 0.1) is 30.3 Å². The number of amides is 1. The Kier molecular flexibility index (Phi) is 8.24. The third-order valence-corrected chi connectivity index (χ3v) is 11.0. The second-order valence-electron chi connectivity index (χ2n) is 13.9. The molecular weight excluding hydrogens is 590 g/mol. The van der Waals surface area contributed by atoms with Gasteiger partial charge in [0, 0.05) is 38.0 Å². The number of hydrogen-bond donors (Lipinski definition) is 6. The number of carbonyl (C=O) groups is 4. The molecule has 1 aliphatic heterocycles. The van der Waals surface area contributed by atoms with Crippen LogP contribution in [0.3, 0.4) is 0 Å². The quantitative estimate of drug-likeness (QED) is 0.162. The van der Waals surface area contributed by atoms with E-state index in [0.29, 0.717) is 12.0 Å². The first-order valence-electron chi connectivity index (χ1n) is 15.2. The van der Waals surface area contributed by atoms with Gasteiger partial charge in [-0.2, -0.15) is 0 Å². The van der Waals surface area contributed by atoms with Crippen molar-refractivity contribution in [1.82, 2.24) is 5.32 Å². The molecule has 5 rings (SSSR count). The molecule has 1 amide bonds. The zero-order chi connectivity index (χ0) is 33.4. The van der Waals surface area contributed by atoms with Gasteiger partial charge in [-0.05, 0) is 37.0 Å². The smallest absolute Gasteiger partial charge is 0.338 e. The number of carbonyl (C=O) groups excluding carboxylic acids is 4. The monoisotopic (exact) mass is 633 g/mol. The van der Waals surface area contributed by atoms with Crippen molar-refractivity contribution in [2.45, 2.75) is 115 Å². The Morgan fingerprint density at radius 1 is 1.11 bits per heavy atom. The number of aliphatic hydroxyl groups excluding tert-OH is 3. The van der Waals surface area contributed by atoms with E-state index in [4.69, 9.17) is 14.2 Å². The summed E-state index contributed by atoms with van der Waals surface area (Å²) in [6.07, 6.45) is -4.12. The van der Waals surface area contributed by atoms with E-state index in [1.165, 1.54) is 20.8 Å². The predicted octanol–water partition coefficient (Wildman–Crippen LogP) is -0.480. The fourth-order valence-corrected chi connectivity index (χ4v) is 8.43. The Morgan fingerprint density at radius 2 is 1.78 bits per heavy atom. The molecule has 0 aromatic heterocycles. The first kappa shape index (κ1) is 33.4. The van der Waals surface area contributed by atoms with Crippen molar-refractivity contribution in [3.05, 3.63) is 34.9 Å². The Bertz CT molecular complexity index is 1400. The van der Waals surface area contributed by atoms with Crippen LogP contribution in [-0.4, -0.2) is 110 Å². The zero-order valence-corrected chi connectivity index (χ0v) is 26.3. The number of allylic oxidation sites excluding steroid dienone is 3. The van der Waals surface area contributed by atoms with Gasteiger partial charge >= 0.3 is 11.9 Å². The molecule has 0 aromatic carbocycles. The van der Waals surface area contributed by atoms with Gasteiger partial charge in [0.15, 0.2) is 11.9 Å². The Hall–Kier alpha value is -2.94. The molecule has 13 heteroatoms. The molecule has 1 unspecified atom stereocenters. The van der Waals surface area contributed by atoms with Crippen molar-refractivity contribution in [3.63, 3.8) is 0 Å². The van der Waals surface area contributed by atoms with Crippen molar-refractivity contribution < 1.29 is 58.9 Å². The first-order chi connectivity index (χ1) is 20.8. The third kappa shape index (κ3) is 4.82. The summed E-state index contributed by atoms with van der Waals surface area (Å²) in [5.74, 6) is -4.77. The molecule has 11 atom stereocenters.